The lowest BCUT2D eigenvalue weighted by Gasteiger charge is -2.07. The number of imidazole rings is 1. The molecule has 1 amide bonds. The summed E-state index contributed by atoms with van der Waals surface area (Å²) in [5.41, 5.74) is 4.90. The van der Waals surface area contributed by atoms with Gasteiger partial charge in [0.15, 0.2) is 11.6 Å². The van der Waals surface area contributed by atoms with Crippen LogP contribution in [0.1, 0.15) is 11.3 Å². The second-order valence-electron chi connectivity index (χ2n) is 6.24. The molecule has 4 rings (SSSR count). The fourth-order valence-corrected chi connectivity index (χ4v) is 3.10. The van der Waals surface area contributed by atoms with Crippen LogP contribution in [-0.4, -0.2) is 21.7 Å². The molecule has 0 radical (unpaired) electrons. The summed E-state index contributed by atoms with van der Waals surface area (Å²) in [4.78, 5) is 17.1. The van der Waals surface area contributed by atoms with Crippen LogP contribution in [0.15, 0.2) is 70.2 Å². The van der Waals surface area contributed by atoms with Crippen molar-refractivity contribution in [3.8, 4) is 11.6 Å². The van der Waals surface area contributed by atoms with Crippen molar-refractivity contribution in [3.63, 3.8) is 0 Å². The molecule has 2 aromatic heterocycles. The summed E-state index contributed by atoms with van der Waals surface area (Å²) >= 11 is 6.08. The molecule has 140 valence electrons. The first kappa shape index (κ1) is 18.0. The quantitative estimate of drug-likeness (QED) is 0.404. The van der Waals surface area contributed by atoms with Crippen molar-refractivity contribution in [2.24, 2.45) is 5.10 Å². The molecule has 4 aromatic rings. The van der Waals surface area contributed by atoms with Crippen molar-refractivity contribution in [1.29, 1.82) is 0 Å². The Balaban J connectivity index is 1.58. The minimum Gasteiger partial charge on any atom is -0.458 e. The van der Waals surface area contributed by atoms with Crippen molar-refractivity contribution in [2.45, 2.75) is 13.5 Å². The number of carbonyl (C=O) groups is 1. The number of amides is 1. The molecule has 0 aliphatic carbocycles. The van der Waals surface area contributed by atoms with Gasteiger partial charge in [0.1, 0.15) is 12.3 Å². The molecule has 0 saturated carbocycles. The van der Waals surface area contributed by atoms with Crippen LogP contribution in [0.3, 0.4) is 0 Å². The second-order valence-corrected chi connectivity index (χ2v) is 6.64. The van der Waals surface area contributed by atoms with Gasteiger partial charge in [0.2, 0.25) is 0 Å². The van der Waals surface area contributed by atoms with Crippen LogP contribution in [0, 0.1) is 6.92 Å². The lowest BCUT2D eigenvalue weighted by atomic mass is 10.2. The number of furan rings is 1. The lowest BCUT2D eigenvalue weighted by molar-refractivity contribution is -0.121. The number of carbonyl (C=O) groups excluding carboxylic acids is 1. The summed E-state index contributed by atoms with van der Waals surface area (Å²) in [5.74, 6) is 1.71. The standard InChI is InChI=1S/C21H17ClN4O2/c1-14-10-11-19(28-14)21-24-17-8-4-5-9-18(17)26(21)13-20(27)25-23-12-15-6-2-3-7-16(15)22/h2-12H,13H2,1H3,(H,25,27)/b23-12+. The van der Waals surface area contributed by atoms with Gasteiger partial charge in [0, 0.05) is 10.6 Å². The molecule has 0 saturated heterocycles. The average molecular weight is 393 g/mol. The molecule has 28 heavy (non-hydrogen) atoms. The fourth-order valence-electron chi connectivity index (χ4n) is 2.91. The van der Waals surface area contributed by atoms with Gasteiger partial charge in [0.25, 0.3) is 5.91 Å². The molecule has 7 heteroatoms. The third-order valence-electron chi connectivity index (χ3n) is 4.22. The maximum absolute atomic E-state index is 12.5. The Morgan fingerprint density at radius 3 is 2.75 bits per heavy atom. The molecule has 0 bridgehead atoms. The van der Waals surface area contributed by atoms with Crippen molar-refractivity contribution in [3.05, 3.63) is 77.0 Å². The average Bonchev–Trinajstić information content (AvgIpc) is 3.27. The molecule has 0 aliphatic rings. The van der Waals surface area contributed by atoms with Crippen molar-refractivity contribution in [1.82, 2.24) is 15.0 Å². The number of halogens is 1. The Kier molecular flexibility index (Phi) is 4.95. The molecule has 0 unspecified atom stereocenters. The van der Waals surface area contributed by atoms with Gasteiger partial charge >= 0.3 is 0 Å². The molecule has 0 aliphatic heterocycles. The van der Waals surface area contributed by atoms with Gasteiger partial charge in [-0.2, -0.15) is 5.10 Å². The topological polar surface area (TPSA) is 72.4 Å². The number of hydrogen-bond donors (Lipinski definition) is 1. The van der Waals surface area contributed by atoms with E-state index in [4.69, 9.17) is 16.0 Å². The summed E-state index contributed by atoms with van der Waals surface area (Å²) in [6.45, 7) is 1.92. The summed E-state index contributed by atoms with van der Waals surface area (Å²) in [6.07, 6.45) is 1.52. The maximum atomic E-state index is 12.5. The Hall–Kier alpha value is -3.38. The number of nitrogens with one attached hydrogen (secondary N) is 1. The third kappa shape index (κ3) is 3.68. The monoisotopic (exact) mass is 392 g/mol. The molecule has 0 fully saturated rings. The number of rotatable bonds is 5. The zero-order valence-electron chi connectivity index (χ0n) is 15.1. The van der Waals surface area contributed by atoms with Crippen LogP contribution in [0.2, 0.25) is 5.02 Å². The Morgan fingerprint density at radius 2 is 1.96 bits per heavy atom. The maximum Gasteiger partial charge on any atom is 0.260 e. The van der Waals surface area contributed by atoms with Crippen LogP contribution >= 0.6 is 11.6 Å². The number of nitrogens with zero attached hydrogens (tertiary/aromatic N) is 3. The highest BCUT2D eigenvalue weighted by molar-refractivity contribution is 6.33. The smallest absolute Gasteiger partial charge is 0.260 e. The number of fused-ring (bicyclic) bond motifs is 1. The minimum absolute atomic E-state index is 0.0510. The lowest BCUT2D eigenvalue weighted by Crippen LogP contribution is -2.23. The van der Waals surface area contributed by atoms with E-state index < -0.39 is 0 Å². The van der Waals surface area contributed by atoms with E-state index in [2.05, 4.69) is 15.5 Å². The third-order valence-corrected chi connectivity index (χ3v) is 4.56. The van der Waals surface area contributed by atoms with E-state index in [0.29, 0.717) is 16.6 Å². The van der Waals surface area contributed by atoms with Gasteiger partial charge in [-0.15, -0.1) is 0 Å². The Labute approximate surface area is 166 Å². The van der Waals surface area contributed by atoms with Gasteiger partial charge in [-0.3, -0.25) is 4.79 Å². The number of para-hydroxylation sites is 2. The largest absolute Gasteiger partial charge is 0.458 e. The predicted octanol–water partition coefficient (Wildman–Crippen LogP) is 4.41. The number of aryl methyl sites for hydroxylation is 1. The normalized spacial score (nSPS) is 11.4. The zero-order chi connectivity index (χ0) is 19.5. The first-order valence-electron chi connectivity index (χ1n) is 8.70. The predicted molar refractivity (Wildman–Crippen MR) is 109 cm³/mol. The Morgan fingerprint density at radius 1 is 1.18 bits per heavy atom. The highest BCUT2D eigenvalue weighted by Crippen LogP contribution is 2.26. The van der Waals surface area contributed by atoms with Crippen molar-refractivity contribution in [2.75, 3.05) is 0 Å². The van der Waals surface area contributed by atoms with Crippen LogP contribution in [-0.2, 0) is 11.3 Å². The molecule has 0 atom stereocenters. The summed E-state index contributed by atoms with van der Waals surface area (Å²) < 4.78 is 7.53. The summed E-state index contributed by atoms with van der Waals surface area (Å²) in [5, 5.41) is 4.57. The van der Waals surface area contributed by atoms with Crippen LogP contribution < -0.4 is 5.43 Å². The van der Waals surface area contributed by atoms with Crippen LogP contribution in [0.4, 0.5) is 0 Å². The van der Waals surface area contributed by atoms with E-state index in [1.165, 1.54) is 6.21 Å². The van der Waals surface area contributed by atoms with Gasteiger partial charge < -0.3 is 8.98 Å². The summed E-state index contributed by atoms with van der Waals surface area (Å²) in [7, 11) is 0. The molecule has 2 aromatic carbocycles. The van der Waals surface area contributed by atoms with E-state index >= 15 is 0 Å². The number of hydrazone groups is 1. The SMILES string of the molecule is Cc1ccc(-c2nc3ccccc3n2CC(=O)N/N=C/c2ccccc2Cl)o1. The number of hydrogen-bond acceptors (Lipinski definition) is 4. The van der Waals surface area contributed by atoms with E-state index in [1.54, 1.807) is 6.07 Å². The fraction of sp³-hybridized carbons (Fsp3) is 0.0952. The molecule has 6 nitrogen and oxygen atoms in total. The van der Waals surface area contributed by atoms with Gasteiger partial charge in [-0.25, -0.2) is 10.4 Å². The molecule has 0 spiro atoms. The minimum atomic E-state index is -0.281. The molecule has 1 N–H and O–H groups in total. The van der Waals surface area contributed by atoms with E-state index in [0.717, 1.165) is 22.4 Å². The first-order chi connectivity index (χ1) is 13.6. The highest BCUT2D eigenvalue weighted by atomic mass is 35.5. The van der Waals surface area contributed by atoms with Crippen LogP contribution in [0.5, 0.6) is 0 Å². The number of benzene rings is 2. The van der Waals surface area contributed by atoms with Gasteiger partial charge in [-0.1, -0.05) is 41.9 Å². The van der Waals surface area contributed by atoms with E-state index in [1.807, 2.05) is 66.1 Å². The number of aromatic nitrogens is 2. The van der Waals surface area contributed by atoms with Crippen molar-refractivity contribution < 1.29 is 9.21 Å². The van der Waals surface area contributed by atoms with Gasteiger partial charge in [0.05, 0.1) is 17.2 Å². The van der Waals surface area contributed by atoms with E-state index in [9.17, 15) is 4.79 Å². The highest BCUT2D eigenvalue weighted by Gasteiger charge is 2.17. The van der Waals surface area contributed by atoms with E-state index in [-0.39, 0.29) is 12.5 Å². The van der Waals surface area contributed by atoms with Gasteiger partial charge in [-0.05, 0) is 37.3 Å². The first-order valence-corrected chi connectivity index (χ1v) is 9.08. The van der Waals surface area contributed by atoms with Crippen LogP contribution in [0.25, 0.3) is 22.6 Å². The molecule has 2 heterocycles. The molecular formula is C21H17ClN4O2. The molecular weight excluding hydrogens is 376 g/mol. The Bertz CT molecular complexity index is 1180. The zero-order valence-corrected chi connectivity index (χ0v) is 15.8. The van der Waals surface area contributed by atoms with Crippen molar-refractivity contribution >= 4 is 34.8 Å². The second kappa shape index (κ2) is 7.70. The summed E-state index contributed by atoms with van der Waals surface area (Å²) in [6, 6.07) is 18.6.